The van der Waals surface area contributed by atoms with Crippen LogP contribution in [0.4, 0.5) is 0 Å². The lowest BCUT2D eigenvalue weighted by Gasteiger charge is -2.20. The van der Waals surface area contributed by atoms with Gasteiger partial charge in [-0.25, -0.2) is 0 Å². The van der Waals surface area contributed by atoms with Crippen LogP contribution in [0.5, 0.6) is 5.75 Å². The molecule has 0 saturated carbocycles. The van der Waals surface area contributed by atoms with Crippen LogP contribution in [0.15, 0.2) is 46.9 Å². The molecule has 0 aliphatic rings. The molecule has 1 aromatic carbocycles. The summed E-state index contributed by atoms with van der Waals surface area (Å²) in [6, 6.07) is 11.5. The van der Waals surface area contributed by atoms with Crippen molar-refractivity contribution in [1.29, 1.82) is 0 Å². The van der Waals surface area contributed by atoms with Gasteiger partial charge >= 0.3 is 0 Å². The van der Waals surface area contributed by atoms with Crippen molar-refractivity contribution < 1.29 is 14.3 Å². The van der Waals surface area contributed by atoms with Crippen LogP contribution in [-0.4, -0.2) is 25.3 Å². The largest absolute Gasteiger partial charge is 0.496 e. The molecule has 1 atom stereocenters. The van der Waals surface area contributed by atoms with Crippen molar-refractivity contribution in [3.8, 4) is 5.75 Å². The van der Waals surface area contributed by atoms with Crippen LogP contribution in [0, 0.1) is 6.92 Å². The van der Waals surface area contributed by atoms with E-state index < -0.39 is 5.60 Å². The van der Waals surface area contributed by atoms with Crippen molar-refractivity contribution in [2.75, 3.05) is 20.2 Å². The van der Waals surface area contributed by atoms with E-state index in [4.69, 9.17) is 9.15 Å². The maximum atomic E-state index is 10.4. The van der Waals surface area contributed by atoms with Gasteiger partial charge < -0.3 is 19.6 Å². The van der Waals surface area contributed by atoms with E-state index in [0.29, 0.717) is 18.8 Å². The zero-order valence-corrected chi connectivity index (χ0v) is 13.3. The predicted molar refractivity (Wildman–Crippen MR) is 87.9 cm³/mol. The Morgan fingerprint density at radius 2 is 2.05 bits per heavy atom. The van der Waals surface area contributed by atoms with Crippen molar-refractivity contribution in [2.45, 2.75) is 19.4 Å². The smallest absolute Gasteiger partial charge is 0.136 e. The summed E-state index contributed by atoms with van der Waals surface area (Å²) in [5.74, 6) is 2.22. The van der Waals surface area contributed by atoms with Gasteiger partial charge in [0.2, 0.25) is 0 Å². The Kier molecular flexibility index (Phi) is 5.41. The first kappa shape index (κ1) is 16.3. The predicted octanol–water partition coefficient (Wildman–Crippen LogP) is 3.11. The fourth-order valence-corrected chi connectivity index (χ4v) is 2.20. The molecule has 22 heavy (non-hydrogen) atoms. The summed E-state index contributed by atoms with van der Waals surface area (Å²) in [5.41, 5.74) is 0.00669. The summed E-state index contributed by atoms with van der Waals surface area (Å²) < 4.78 is 10.8. The Morgan fingerprint density at radius 1 is 1.27 bits per heavy atom. The number of nitrogens with one attached hydrogen (secondary N) is 1. The van der Waals surface area contributed by atoms with E-state index in [9.17, 15) is 5.11 Å². The third-order valence-corrected chi connectivity index (χ3v) is 3.44. The van der Waals surface area contributed by atoms with Gasteiger partial charge in [0.1, 0.15) is 22.9 Å². The molecule has 0 fully saturated rings. The number of benzene rings is 1. The third kappa shape index (κ3) is 4.23. The average Bonchev–Trinajstić information content (AvgIpc) is 2.95. The van der Waals surface area contributed by atoms with Crippen molar-refractivity contribution in [3.63, 3.8) is 0 Å². The number of furan rings is 1. The molecule has 0 radical (unpaired) electrons. The van der Waals surface area contributed by atoms with Crippen LogP contribution in [-0.2, 0) is 5.60 Å². The van der Waals surface area contributed by atoms with Gasteiger partial charge in [-0.05, 0) is 32.0 Å². The molecule has 0 aliphatic heterocycles. The van der Waals surface area contributed by atoms with E-state index in [1.807, 2.05) is 55.5 Å². The minimum Gasteiger partial charge on any atom is -0.496 e. The highest BCUT2D eigenvalue weighted by molar-refractivity contribution is 5.57. The van der Waals surface area contributed by atoms with E-state index in [0.717, 1.165) is 17.1 Å². The van der Waals surface area contributed by atoms with E-state index >= 15 is 0 Å². The van der Waals surface area contributed by atoms with E-state index in [1.165, 1.54) is 0 Å². The topological polar surface area (TPSA) is 54.6 Å². The number of hydrogen-bond acceptors (Lipinski definition) is 4. The van der Waals surface area contributed by atoms with Gasteiger partial charge in [-0.2, -0.15) is 0 Å². The second-order valence-electron chi connectivity index (χ2n) is 5.46. The number of ether oxygens (including phenoxy) is 1. The summed E-state index contributed by atoms with van der Waals surface area (Å²) in [6.45, 7) is 4.66. The summed E-state index contributed by atoms with van der Waals surface area (Å²) in [5, 5.41) is 13.6. The average molecular weight is 301 g/mol. The molecule has 2 rings (SSSR count). The first-order chi connectivity index (χ1) is 10.5. The molecule has 0 bridgehead atoms. The molecule has 2 aromatic rings. The lowest BCUT2D eigenvalue weighted by Crippen LogP contribution is -2.35. The van der Waals surface area contributed by atoms with E-state index in [-0.39, 0.29) is 0 Å². The zero-order valence-electron chi connectivity index (χ0n) is 13.3. The van der Waals surface area contributed by atoms with Crippen LogP contribution in [0.2, 0.25) is 0 Å². The van der Waals surface area contributed by atoms with E-state index in [2.05, 4.69) is 5.32 Å². The van der Waals surface area contributed by atoms with E-state index in [1.54, 1.807) is 14.0 Å². The fourth-order valence-electron chi connectivity index (χ4n) is 2.20. The molecular weight excluding hydrogens is 278 g/mol. The van der Waals surface area contributed by atoms with Crippen LogP contribution in [0.25, 0.3) is 6.08 Å². The number of hydrogen-bond donors (Lipinski definition) is 2. The van der Waals surface area contributed by atoms with Gasteiger partial charge in [-0.1, -0.05) is 30.4 Å². The maximum absolute atomic E-state index is 10.4. The number of methoxy groups -OCH3 is 1. The normalized spacial score (nSPS) is 14.2. The van der Waals surface area contributed by atoms with Gasteiger partial charge in [0.25, 0.3) is 0 Å². The molecule has 0 amide bonds. The van der Waals surface area contributed by atoms with Gasteiger partial charge in [-0.3, -0.25) is 0 Å². The Balaban J connectivity index is 1.85. The van der Waals surface area contributed by atoms with Crippen molar-refractivity contribution in [2.24, 2.45) is 0 Å². The van der Waals surface area contributed by atoms with Gasteiger partial charge in [0.05, 0.1) is 7.11 Å². The van der Waals surface area contributed by atoms with Crippen LogP contribution in [0.3, 0.4) is 0 Å². The lowest BCUT2D eigenvalue weighted by molar-refractivity contribution is 0.0345. The fraction of sp³-hybridized carbons (Fsp3) is 0.333. The summed E-state index contributed by atoms with van der Waals surface area (Å²) in [7, 11) is 1.66. The summed E-state index contributed by atoms with van der Waals surface area (Å²) >= 11 is 0. The first-order valence-corrected chi connectivity index (χ1v) is 7.32. The second kappa shape index (κ2) is 7.29. The van der Waals surface area contributed by atoms with Crippen molar-refractivity contribution >= 4 is 6.08 Å². The lowest BCUT2D eigenvalue weighted by atomic mass is 10.0. The maximum Gasteiger partial charge on any atom is 0.136 e. The standard InChI is InChI=1S/C18H23NO3/c1-14-10-11-17(22-14)18(2,20)13-19-12-6-8-15-7-4-5-9-16(15)21-3/h4-11,19-20H,12-13H2,1-3H3. The zero-order chi connectivity index (χ0) is 16.0. The second-order valence-corrected chi connectivity index (χ2v) is 5.46. The number of aliphatic hydroxyl groups is 1. The monoisotopic (exact) mass is 301 g/mol. The Morgan fingerprint density at radius 3 is 2.73 bits per heavy atom. The highest BCUT2D eigenvalue weighted by atomic mass is 16.5. The molecule has 0 aliphatic carbocycles. The molecule has 2 N–H and O–H groups in total. The SMILES string of the molecule is COc1ccccc1C=CCNCC(C)(O)c1ccc(C)o1. The molecule has 4 nitrogen and oxygen atoms in total. The molecule has 1 heterocycles. The van der Waals surface area contributed by atoms with Crippen molar-refractivity contribution in [1.82, 2.24) is 5.32 Å². The highest BCUT2D eigenvalue weighted by Crippen LogP contribution is 2.22. The summed E-state index contributed by atoms with van der Waals surface area (Å²) in [4.78, 5) is 0. The molecule has 0 spiro atoms. The minimum atomic E-state index is -1.02. The molecule has 1 aromatic heterocycles. The first-order valence-electron chi connectivity index (χ1n) is 7.32. The van der Waals surface area contributed by atoms with Crippen molar-refractivity contribution in [3.05, 3.63) is 59.6 Å². The van der Waals surface area contributed by atoms with Crippen LogP contribution < -0.4 is 10.1 Å². The quantitative estimate of drug-likeness (QED) is 0.772. The molecule has 1 unspecified atom stereocenters. The molecule has 4 heteroatoms. The highest BCUT2D eigenvalue weighted by Gasteiger charge is 2.25. The number of aryl methyl sites for hydroxylation is 1. The molecular formula is C18H23NO3. The van der Waals surface area contributed by atoms with Gasteiger partial charge in [-0.15, -0.1) is 0 Å². The van der Waals surface area contributed by atoms with Gasteiger partial charge in [0.15, 0.2) is 0 Å². The summed E-state index contributed by atoms with van der Waals surface area (Å²) in [6.07, 6.45) is 4.00. The Bertz CT molecular complexity index is 629. The third-order valence-electron chi connectivity index (χ3n) is 3.44. The minimum absolute atomic E-state index is 0.413. The Hall–Kier alpha value is -2.04. The number of para-hydroxylation sites is 1. The number of rotatable bonds is 7. The molecule has 118 valence electrons. The van der Waals surface area contributed by atoms with Crippen LogP contribution in [0.1, 0.15) is 24.0 Å². The Labute approximate surface area is 131 Å². The van der Waals surface area contributed by atoms with Crippen LogP contribution >= 0.6 is 0 Å². The van der Waals surface area contributed by atoms with Gasteiger partial charge in [0, 0.05) is 18.7 Å². The molecule has 0 saturated heterocycles.